The maximum Gasteiger partial charge on any atom is 0.409 e. The Bertz CT molecular complexity index is 594. The van der Waals surface area contributed by atoms with Crippen molar-refractivity contribution in [2.24, 2.45) is 5.92 Å². The van der Waals surface area contributed by atoms with Crippen molar-refractivity contribution in [3.05, 3.63) is 29.3 Å². The van der Waals surface area contributed by atoms with E-state index in [1.807, 2.05) is 12.1 Å². The number of nitrogens with one attached hydrogen (secondary N) is 1. The zero-order chi connectivity index (χ0) is 16.2. The number of fused-ring (bicyclic) bond motifs is 1. The zero-order valence-corrected chi connectivity index (χ0v) is 13.6. The van der Waals surface area contributed by atoms with Gasteiger partial charge in [-0.3, -0.25) is 4.79 Å². The number of nitrogens with zero attached hydrogens (tertiary/aromatic N) is 1. The number of methoxy groups -OCH3 is 1. The van der Waals surface area contributed by atoms with Crippen molar-refractivity contribution in [1.29, 1.82) is 0 Å². The van der Waals surface area contributed by atoms with E-state index in [0.717, 1.165) is 17.7 Å². The maximum absolute atomic E-state index is 12.2. The first-order valence-corrected chi connectivity index (χ1v) is 8.40. The Morgan fingerprint density at radius 1 is 1.26 bits per heavy atom. The molecule has 1 aliphatic heterocycles. The van der Waals surface area contributed by atoms with Crippen LogP contribution < -0.4 is 5.32 Å². The molecule has 1 aliphatic carbocycles. The van der Waals surface area contributed by atoms with Crippen molar-refractivity contribution in [2.75, 3.05) is 19.0 Å². The topological polar surface area (TPSA) is 58.6 Å². The molecule has 0 bridgehead atoms. The number of anilines is 1. The largest absolute Gasteiger partial charge is 0.453 e. The molecule has 1 aromatic carbocycles. The molecule has 1 fully saturated rings. The van der Waals surface area contributed by atoms with Gasteiger partial charge in [0.05, 0.1) is 7.11 Å². The summed E-state index contributed by atoms with van der Waals surface area (Å²) in [6, 6.07) is 5.99. The quantitative estimate of drug-likeness (QED) is 0.930. The van der Waals surface area contributed by atoms with Gasteiger partial charge < -0.3 is 15.0 Å². The molecule has 3 rings (SSSR count). The van der Waals surface area contributed by atoms with Crippen LogP contribution in [0.15, 0.2) is 18.2 Å². The highest BCUT2D eigenvalue weighted by molar-refractivity contribution is 5.91. The number of benzene rings is 1. The summed E-state index contributed by atoms with van der Waals surface area (Å²) in [5.74, 6) is 0.639. The monoisotopic (exact) mass is 316 g/mol. The first kappa shape index (κ1) is 15.8. The minimum absolute atomic E-state index is 0.0949. The van der Waals surface area contributed by atoms with Gasteiger partial charge in [-0.05, 0) is 48.4 Å². The highest BCUT2D eigenvalue weighted by atomic mass is 16.5. The molecule has 0 saturated heterocycles. The molecule has 0 aromatic heterocycles. The smallest absolute Gasteiger partial charge is 0.409 e. The standard InChI is InChI=1S/C18H24N2O3/c1-23-18(22)20-9-8-14-6-7-16(11-15(14)12-20)19-17(21)10-13-4-2-3-5-13/h6-7,11,13H,2-5,8-10,12H2,1H3,(H,19,21). The summed E-state index contributed by atoms with van der Waals surface area (Å²) >= 11 is 0. The molecule has 1 aromatic rings. The van der Waals surface area contributed by atoms with Gasteiger partial charge in [0.25, 0.3) is 0 Å². The molecule has 1 N–H and O–H groups in total. The Balaban J connectivity index is 1.63. The Hall–Kier alpha value is -2.04. The van der Waals surface area contributed by atoms with Crippen molar-refractivity contribution >= 4 is 17.7 Å². The Labute approximate surface area is 137 Å². The van der Waals surface area contributed by atoms with E-state index in [4.69, 9.17) is 4.74 Å². The SMILES string of the molecule is COC(=O)N1CCc2ccc(NC(=O)CC3CCCC3)cc2C1. The van der Waals surface area contributed by atoms with E-state index in [1.165, 1.54) is 38.4 Å². The predicted octanol–water partition coefficient (Wildman–Crippen LogP) is 3.33. The molecule has 5 nitrogen and oxygen atoms in total. The van der Waals surface area contributed by atoms with Crippen LogP contribution in [0.3, 0.4) is 0 Å². The van der Waals surface area contributed by atoms with Gasteiger partial charge in [0.2, 0.25) is 5.91 Å². The van der Waals surface area contributed by atoms with Crippen molar-refractivity contribution in [3.8, 4) is 0 Å². The van der Waals surface area contributed by atoms with Gasteiger partial charge in [0, 0.05) is 25.2 Å². The Morgan fingerprint density at radius 3 is 2.78 bits per heavy atom. The molecular formula is C18H24N2O3. The van der Waals surface area contributed by atoms with Gasteiger partial charge in [-0.15, -0.1) is 0 Å². The highest BCUT2D eigenvalue weighted by Gasteiger charge is 2.22. The minimum atomic E-state index is -0.300. The fraction of sp³-hybridized carbons (Fsp3) is 0.556. The predicted molar refractivity (Wildman–Crippen MR) is 88.2 cm³/mol. The number of amides is 2. The normalized spacial score (nSPS) is 17.7. The van der Waals surface area contributed by atoms with Crippen molar-refractivity contribution in [2.45, 2.75) is 45.1 Å². The van der Waals surface area contributed by atoms with Crippen LogP contribution in [-0.2, 0) is 22.5 Å². The van der Waals surface area contributed by atoms with E-state index in [1.54, 1.807) is 4.90 Å². The molecular weight excluding hydrogens is 292 g/mol. The molecule has 0 radical (unpaired) electrons. The Kier molecular flexibility index (Phi) is 4.84. The number of ether oxygens (including phenoxy) is 1. The molecule has 1 saturated carbocycles. The molecule has 2 amide bonds. The first-order chi connectivity index (χ1) is 11.2. The third-order valence-electron chi connectivity index (χ3n) is 4.88. The third kappa shape index (κ3) is 3.84. The Morgan fingerprint density at radius 2 is 2.04 bits per heavy atom. The molecule has 0 atom stereocenters. The van der Waals surface area contributed by atoms with Crippen LogP contribution >= 0.6 is 0 Å². The minimum Gasteiger partial charge on any atom is -0.453 e. The van der Waals surface area contributed by atoms with Crippen molar-refractivity contribution in [3.63, 3.8) is 0 Å². The summed E-state index contributed by atoms with van der Waals surface area (Å²) in [5.41, 5.74) is 3.14. The number of carbonyl (C=O) groups is 2. The first-order valence-electron chi connectivity index (χ1n) is 8.40. The molecule has 0 unspecified atom stereocenters. The van der Waals surface area contributed by atoms with Crippen LogP contribution in [-0.4, -0.2) is 30.6 Å². The van der Waals surface area contributed by atoms with Gasteiger partial charge in [-0.1, -0.05) is 18.9 Å². The van der Waals surface area contributed by atoms with E-state index in [2.05, 4.69) is 11.4 Å². The van der Waals surface area contributed by atoms with Crippen molar-refractivity contribution < 1.29 is 14.3 Å². The van der Waals surface area contributed by atoms with Gasteiger partial charge in [0.15, 0.2) is 0 Å². The van der Waals surface area contributed by atoms with E-state index in [-0.39, 0.29) is 12.0 Å². The molecule has 124 valence electrons. The number of hydrogen-bond donors (Lipinski definition) is 1. The summed E-state index contributed by atoms with van der Waals surface area (Å²) in [6.07, 6.45) is 5.98. The second kappa shape index (κ2) is 7.02. The zero-order valence-electron chi connectivity index (χ0n) is 13.6. The van der Waals surface area contributed by atoms with Crippen LogP contribution in [0.4, 0.5) is 10.5 Å². The van der Waals surface area contributed by atoms with Gasteiger partial charge in [-0.2, -0.15) is 0 Å². The van der Waals surface area contributed by atoms with Crippen LogP contribution in [0.5, 0.6) is 0 Å². The number of rotatable bonds is 3. The van der Waals surface area contributed by atoms with Crippen LogP contribution in [0.1, 0.15) is 43.2 Å². The lowest BCUT2D eigenvalue weighted by atomic mass is 9.99. The van der Waals surface area contributed by atoms with E-state index >= 15 is 0 Å². The summed E-state index contributed by atoms with van der Waals surface area (Å²) in [6.45, 7) is 1.21. The summed E-state index contributed by atoms with van der Waals surface area (Å²) in [4.78, 5) is 25.5. The summed E-state index contributed by atoms with van der Waals surface area (Å²) in [7, 11) is 1.40. The summed E-state index contributed by atoms with van der Waals surface area (Å²) < 4.78 is 4.79. The molecule has 2 aliphatic rings. The molecule has 5 heteroatoms. The molecule has 1 heterocycles. The van der Waals surface area contributed by atoms with Gasteiger partial charge >= 0.3 is 6.09 Å². The van der Waals surface area contributed by atoms with E-state index in [9.17, 15) is 9.59 Å². The number of carbonyl (C=O) groups excluding carboxylic acids is 2. The average Bonchev–Trinajstić information content (AvgIpc) is 3.06. The van der Waals surface area contributed by atoms with Crippen LogP contribution in [0.25, 0.3) is 0 Å². The fourth-order valence-corrected chi connectivity index (χ4v) is 3.61. The highest BCUT2D eigenvalue weighted by Crippen LogP contribution is 2.28. The van der Waals surface area contributed by atoms with Gasteiger partial charge in [0.1, 0.15) is 0 Å². The molecule has 23 heavy (non-hydrogen) atoms. The van der Waals surface area contributed by atoms with Crippen LogP contribution in [0, 0.1) is 5.92 Å². The van der Waals surface area contributed by atoms with E-state index < -0.39 is 0 Å². The third-order valence-corrected chi connectivity index (χ3v) is 4.88. The fourth-order valence-electron chi connectivity index (χ4n) is 3.61. The van der Waals surface area contributed by atoms with Crippen molar-refractivity contribution in [1.82, 2.24) is 4.90 Å². The maximum atomic E-state index is 12.2. The van der Waals surface area contributed by atoms with E-state index in [0.29, 0.717) is 25.4 Å². The number of hydrogen-bond acceptors (Lipinski definition) is 3. The lowest BCUT2D eigenvalue weighted by molar-refractivity contribution is -0.117. The van der Waals surface area contributed by atoms with Gasteiger partial charge in [-0.25, -0.2) is 4.79 Å². The molecule has 0 spiro atoms. The second-order valence-corrected chi connectivity index (χ2v) is 6.53. The second-order valence-electron chi connectivity index (χ2n) is 6.53. The lowest BCUT2D eigenvalue weighted by Crippen LogP contribution is -2.35. The lowest BCUT2D eigenvalue weighted by Gasteiger charge is -2.28. The summed E-state index contributed by atoms with van der Waals surface area (Å²) in [5, 5.41) is 3.00. The van der Waals surface area contributed by atoms with Crippen LogP contribution in [0.2, 0.25) is 0 Å². The average molecular weight is 316 g/mol.